The summed E-state index contributed by atoms with van der Waals surface area (Å²) in [5.41, 5.74) is 0. The fraction of sp³-hybridized carbons (Fsp3) is 0.591. The smallest absolute Gasteiger partial charge is 0.226 e. The number of hydrogen-bond acceptors (Lipinski definition) is 9. The molecule has 0 saturated carbocycles. The number of aromatic amines is 3. The zero-order valence-electron chi connectivity index (χ0n) is 22.9. The highest BCUT2D eigenvalue weighted by Gasteiger charge is 2.02. The van der Waals surface area contributed by atoms with Gasteiger partial charge in [0.2, 0.25) is 35.6 Å². The Morgan fingerprint density at radius 2 is 1.00 bits per heavy atom. The van der Waals surface area contributed by atoms with E-state index in [-0.39, 0.29) is 17.7 Å². The lowest BCUT2D eigenvalue weighted by Crippen LogP contribution is -2.11. The normalized spacial score (nSPS) is 8.84. The first-order valence-corrected chi connectivity index (χ1v) is 12.4. The lowest BCUT2D eigenvalue weighted by atomic mass is 10.2. The number of H-pyrrole nitrogens is 3. The highest BCUT2D eigenvalue weighted by atomic mass is 16.2. The summed E-state index contributed by atoms with van der Waals surface area (Å²) in [6.07, 6.45) is 8.30. The molecule has 0 aliphatic rings. The van der Waals surface area contributed by atoms with E-state index in [1.54, 1.807) is 6.92 Å². The molecular weight excluding hydrogens is 480 g/mol. The van der Waals surface area contributed by atoms with Gasteiger partial charge in [-0.05, 0) is 12.8 Å². The van der Waals surface area contributed by atoms with Crippen LogP contribution in [0.3, 0.4) is 0 Å². The van der Waals surface area contributed by atoms with Crippen molar-refractivity contribution in [3.05, 3.63) is 19.0 Å². The number of unbranched alkanes of at least 4 members (excludes halogenated alkanes) is 1. The van der Waals surface area contributed by atoms with Crippen molar-refractivity contribution in [3.63, 3.8) is 0 Å². The zero-order valence-corrected chi connectivity index (χ0v) is 22.9. The van der Waals surface area contributed by atoms with E-state index in [2.05, 4.69) is 61.5 Å². The Morgan fingerprint density at radius 1 is 0.622 bits per heavy atom. The van der Waals surface area contributed by atoms with Crippen LogP contribution in [0.4, 0.5) is 17.8 Å². The molecule has 0 atom stereocenters. The molecule has 3 rings (SSSR count). The van der Waals surface area contributed by atoms with E-state index in [9.17, 15) is 14.4 Å². The zero-order chi connectivity index (χ0) is 28.3. The first-order valence-electron chi connectivity index (χ1n) is 12.4. The number of anilines is 3. The van der Waals surface area contributed by atoms with E-state index in [1.165, 1.54) is 19.0 Å². The summed E-state index contributed by atoms with van der Waals surface area (Å²) in [6, 6.07) is 0. The monoisotopic (exact) mass is 522 g/mol. The molecule has 0 aliphatic carbocycles. The van der Waals surface area contributed by atoms with Gasteiger partial charge in [0.05, 0.1) is 0 Å². The molecule has 3 heterocycles. The Morgan fingerprint density at radius 3 is 1.30 bits per heavy atom. The fourth-order valence-corrected chi connectivity index (χ4v) is 1.97. The molecule has 15 heteroatoms. The Kier molecular flexibility index (Phi) is 23.6. The number of carbonyl (C=O) groups is 3. The molecule has 0 bridgehead atoms. The SMILES string of the molecule is CC.CC.CCC(=O)Nc1ncn[nH]1.CCCC(=O)Nc1ncn[nH]1.CCCCC(=O)Nc1ncn[nH]1. The summed E-state index contributed by atoms with van der Waals surface area (Å²) in [7, 11) is 0. The Labute approximate surface area is 217 Å². The molecule has 0 aliphatic heterocycles. The van der Waals surface area contributed by atoms with Crippen LogP contribution < -0.4 is 16.0 Å². The molecule has 3 amide bonds. The van der Waals surface area contributed by atoms with E-state index in [4.69, 9.17) is 0 Å². The number of rotatable bonds is 9. The van der Waals surface area contributed by atoms with Crippen LogP contribution in [0.15, 0.2) is 19.0 Å². The minimum absolute atomic E-state index is 0.0198. The quantitative estimate of drug-likeness (QED) is 0.241. The maximum atomic E-state index is 11.1. The maximum absolute atomic E-state index is 11.1. The fourth-order valence-electron chi connectivity index (χ4n) is 1.97. The summed E-state index contributed by atoms with van der Waals surface area (Å²) in [4.78, 5) is 43.9. The van der Waals surface area contributed by atoms with Crippen LogP contribution in [-0.2, 0) is 14.4 Å². The number of nitrogens with one attached hydrogen (secondary N) is 6. The molecule has 0 saturated heterocycles. The molecule has 0 fully saturated rings. The number of amides is 3. The van der Waals surface area contributed by atoms with Crippen LogP contribution in [-0.4, -0.2) is 63.3 Å². The Balaban J connectivity index is 0. The molecule has 0 spiro atoms. The first kappa shape index (κ1) is 35.0. The molecule has 3 aromatic heterocycles. The number of hydrogen-bond donors (Lipinski definition) is 6. The Bertz CT molecular complexity index is 898. The van der Waals surface area contributed by atoms with Gasteiger partial charge in [0.15, 0.2) is 0 Å². The standard InChI is InChI=1S/C7H12N4O.C6H10N4O.C5H8N4O.2C2H6/c1-2-3-4-6(12)10-7-8-5-9-11-7;1-2-3-5(11)9-6-7-4-8-10-6;1-2-4(10)8-5-6-3-7-9-5;2*1-2/h5H,2-4H2,1H3,(H2,8,9,10,11,12);4H,2-3H2,1H3,(H2,7,8,9,10,11);3H,2H2,1H3,(H2,6,7,8,9,10);2*1-2H3. The second-order valence-electron chi connectivity index (χ2n) is 6.35. The van der Waals surface area contributed by atoms with Crippen molar-refractivity contribution in [2.24, 2.45) is 0 Å². The van der Waals surface area contributed by atoms with Crippen LogP contribution in [0.5, 0.6) is 0 Å². The van der Waals surface area contributed by atoms with Crippen LogP contribution in [0.1, 0.15) is 87.0 Å². The predicted octanol–water partition coefficient (Wildman–Crippen LogP) is 3.68. The molecule has 208 valence electrons. The summed E-state index contributed by atoms with van der Waals surface area (Å²) < 4.78 is 0. The maximum Gasteiger partial charge on any atom is 0.226 e. The molecule has 6 N–H and O–H groups in total. The van der Waals surface area contributed by atoms with Crippen molar-refractivity contribution < 1.29 is 14.4 Å². The second-order valence-corrected chi connectivity index (χ2v) is 6.35. The Hall–Kier alpha value is -4.17. The van der Waals surface area contributed by atoms with Gasteiger partial charge in [0, 0.05) is 19.3 Å². The van der Waals surface area contributed by atoms with Crippen molar-refractivity contribution in [2.75, 3.05) is 16.0 Å². The third-order valence-corrected chi connectivity index (χ3v) is 3.57. The highest BCUT2D eigenvalue weighted by molar-refractivity contribution is 5.89. The summed E-state index contributed by atoms with van der Waals surface area (Å²) in [5.74, 6) is 1.08. The molecule has 3 aromatic rings. The third-order valence-electron chi connectivity index (χ3n) is 3.57. The largest absolute Gasteiger partial charge is 0.295 e. The van der Waals surface area contributed by atoms with Crippen molar-refractivity contribution in [1.29, 1.82) is 0 Å². The molecule has 37 heavy (non-hydrogen) atoms. The molecule has 0 unspecified atom stereocenters. The van der Waals surface area contributed by atoms with Gasteiger partial charge in [0.1, 0.15) is 19.0 Å². The van der Waals surface area contributed by atoms with Crippen LogP contribution in [0.25, 0.3) is 0 Å². The average Bonchev–Trinajstić information content (AvgIpc) is 3.71. The lowest BCUT2D eigenvalue weighted by molar-refractivity contribution is -0.117. The van der Waals surface area contributed by atoms with E-state index < -0.39 is 0 Å². The summed E-state index contributed by atoms with van der Waals surface area (Å²) >= 11 is 0. The van der Waals surface area contributed by atoms with Crippen molar-refractivity contribution in [3.8, 4) is 0 Å². The van der Waals surface area contributed by atoms with Gasteiger partial charge >= 0.3 is 0 Å². The van der Waals surface area contributed by atoms with Crippen LogP contribution >= 0.6 is 0 Å². The van der Waals surface area contributed by atoms with Crippen LogP contribution in [0.2, 0.25) is 0 Å². The number of carbonyl (C=O) groups excluding carboxylic acids is 3. The van der Waals surface area contributed by atoms with E-state index in [0.717, 1.165) is 19.3 Å². The number of nitrogens with zero attached hydrogens (tertiary/aromatic N) is 6. The molecular formula is C22H42N12O3. The predicted molar refractivity (Wildman–Crippen MR) is 142 cm³/mol. The van der Waals surface area contributed by atoms with E-state index in [0.29, 0.717) is 37.1 Å². The first-order chi connectivity index (χ1) is 18.0. The van der Waals surface area contributed by atoms with E-state index >= 15 is 0 Å². The summed E-state index contributed by atoms with van der Waals surface area (Å²) in [6.45, 7) is 13.8. The lowest BCUT2D eigenvalue weighted by Gasteiger charge is -1.98. The minimum atomic E-state index is -0.0725. The van der Waals surface area contributed by atoms with Gasteiger partial charge < -0.3 is 0 Å². The van der Waals surface area contributed by atoms with Gasteiger partial charge in [0.25, 0.3) is 0 Å². The van der Waals surface area contributed by atoms with Gasteiger partial charge in [-0.2, -0.15) is 30.2 Å². The molecule has 15 nitrogen and oxygen atoms in total. The van der Waals surface area contributed by atoms with Gasteiger partial charge in [-0.15, -0.1) is 0 Å². The van der Waals surface area contributed by atoms with Crippen molar-refractivity contribution in [1.82, 2.24) is 45.5 Å². The van der Waals surface area contributed by atoms with Gasteiger partial charge in [-0.1, -0.05) is 54.9 Å². The topological polar surface area (TPSA) is 212 Å². The van der Waals surface area contributed by atoms with Crippen molar-refractivity contribution in [2.45, 2.75) is 87.0 Å². The van der Waals surface area contributed by atoms with Crippen molar-refractivity contribution >= 4 is 35.6 Å². The van der Waals surface area contributed by atoms with E-state index in [1.807, 2.05) is 41.5 Å². The molecule has 0 aromatic carbocycles. The van der Waals surface area contributed by atoms with Crippen LogP contribution in [0, 0.1) is 0 Å². The second kappa shape index (κ2) is 24.9. The summed E-state index contributed by atoms with van der Waals surface area (Å²) in [5, 5.41) is 26.0. The number of aromatic nitrogens is 9. The highest BCUT2D eigenvalue weighted by Crippen LogP contribution is 1.98. The average molecular weight is 523 g/mol. The third kappa shape index (κ3) is 19.8. The molecule has 0 radical (unpaired) electrons. The van der Waals surface area contributed by atoms with Gasteiger partial charge in [-0.3, -0.25) is 30.3 Å². The van der Waals surface area contributed by atoms with Gasteiger partial charge in [-0.25, -0.2) is 15.3 Å². The minimum Gasteiger partial charge on any atom is -0.295 e.